The molecule has 9 heteroatoms. The standard InChI is InChI=1S/C30H24N2O6S/c1-20-11-10-14-22(19-20)31-29(33)26-27(32(37-28(26)30(31)34)21-12-4-2-5-13-21)24-17-8-9-18-25(24)38-39(35,36)23-15-6-3-7-16-23/h2-19,26-28H,1H3/t26-,27-,28+/m1/s1. The third-order valence-electron chi connectivity index (χ3n) is 6.85. The number of nitrogens with zero attached hydrogens (tertiary/aromatic N) is 2. The van der Waals surface area contributed by atoms with Crippen molar-refractivity contribution in [2.24, 2.45) is 5.92 Å². The monoisotopic (exact) mass is 540 g/mol. The lowest BCUT2D eigenvalue weighted by atomic mass is 9.90. The van der Waals surface area contributed by atoms with Crippen molar-refractivity contribution in [2.75, 3.05) is 9.96 Å². The van der Waals surface area contributed by atoms with Gasteiger partial charge in [0.2, 0.25) is 5.91 Å². The average molecular weight is 541 g/mol. The van der Waals surface area contributed by atoms with Gasteiger partial charge in [0.15, 0.2) is 6.10 Å². The number of hydroxylamine groups is 1. The number of para-hydroxylation sites is 2. The Bertz CT molecular complexity index is 1660. The number of imide groups is 1. The van der Waals surface area contributed by atoms with Crippen LogP contribution >= 0.6 is 0 Å². The Morgan fingerprint density at radius 2 is 1.38 bits per heavy atom. The quantitative estimate of drug-likeness (QED) is 0.256. The van der Waals surface area contributed by atoms with Crippen LogP contribution in [0, 0.1) is 12.8 Å². The van der Waals surface area contributed by atoms with E-state index in [2.05, 4.69) is 0 Å². The van der Waals surface area contributed by atoms with Gasteiger partial charge in [0.05, 0.1) is 17.4 Å². The van der Waals surface area contributed by atoms with E-state index in [4.69, 9.17) is 9.02 Å². The number of hydrogen-bond donors (Lipinski definition) is 0. The summed E-state index contributed by atoms with van der Waals surface area (Å²) in [6.45, 7) is 1.88. The summed E-state index contributed by atoms with van der Waals surface area (Å²) in [5.74, 6) is -1.80. The molecule has 2 heterocycles. The Balaban J connectivity index is 1.45. The van der Waals surface area contributed by atoms with Gasteiger partial charge in [0.1, 0.15) is 16.6 Å². The van der Waals surface area contributed by atoms with Gasteiger partial charge in [-0.25, -0.2) is 9.96 Å². The first-order chi connectivity index (χ1) is 18.8. The molecule has 4 aromatic rings. The molecule has 196 valence electrons. The van der Waals surface area contributed by atoms with E-state index in [9.17, 15) is 18.0 Å². The fraction of sp³-hybridized carbons (Fsp3) is 0.133. The van der Waals surface area contributed by atoms with Crippen LogP contribution < -0.4 is 14.1 Å². The number of rotatable bonds is 6. The maximum absolute atomic E-state index is 13.9. The van der Waals surface area contributed by atoms with Crippen molar-refractivity contribution in [2.45, 2.75) is 24.0 Å². The van der Waals surface area contributed by atoms with Gasteiger partial charge in [-0.3, -0.25) is 14.4 Å². The van der Waals surface area contributed by atoms with E-state index in [1.54, 1.807) is 66.7 Å². The van der Waals surface area contributed by atoms with Gasteiger partial charge in [-0.05, 0) is 55.0 Å². The molecule has 0 spiro atoms. The summed E-state index contributed by atoms with van der Waals surface area (Å²) in [5.41, 5.74) is 2.38. The van der Waals surface area contributed by atoms with Gasteiger partial charge in [-0.2, -0.15) is 8.42 Å². The predicted molar refractivity (Wildman–Crippen MR) is 144 cm³/mol. The molecule has 0 N–H and O–H groups in total. The lowest BCUT2D eigenvalue weighted by molar-refractivity contribution is -0.126. The second-order valence-electron chi connectivity index (χ2n) is 9.40. The highest BCUT2D eigenvalue weighted by molar-refractivity contribution is 7.87. The molecule has 0 aliphatic carbocycles. The number of carbonyl (C=O) groups excluding carboxylic acids is 2. The van der Waals surface area contributed by atoms with Crippen molar-refractivity contribution in [3.63, 3.8) is 0 Å². The number of anilines is 2. The Labute approximate surface area is 226 Å². The predicted octanol–water partition coefficient (Wildman–Crippen LogP) is 4.81. The van der Waals surface area contributed by atoms with Gasteiger partial charge >= 0.3 is 10.1 Å². The van der Waals surface area contributed by atoms with Gasteiger partial charge in [0, 0.05) is 5.56 Å². The van der Waals surface area contributed by atoms with Crippen LogP contribution in [0.25, 0.3) is 0 Å². The summed E-state index contributed by atoms with van der Waals surface area (Å²) in [5, 5.41) is 1.51. The molecule has 0 bridgehead atoms. The molecule has 2 aliphatic rings. The molecule has 39 heavy (non-hydrogen) atoms. The Morgan fingerprint density at radius 1 is 0.744 bits per heavy atom. The molecule has 2 fully saturated rings. The molecule has 2 saturated heterocycles. The van der Waals surface area contributed by atoms with Crippen LogP contribution in [-0.2, 0) is 24.5 Å². The largest absolute Gasteiger partial charge is 0.379 e. The van der Waals surface area contributed by atoms with E-state index in [1.807, 2.05) is 31.2 Å². The zero-order valence-electron chi connectivity index (χ0n) is 20.9. The van der Waals surface area contributed by atoms with Crippen LogP contribution in [0.1, 0.15) is 17.2 Å². The third-order valence-corrected chi connectivity index (χ3v) is 8.10. The SMILES string of the molecule is Cc1cccc(N2C(=O)[C@H]3[C@H](ON(c4ccccc4)[C@@H]3c3ccccc3OS(=O)(=O)c3ccccc3)C2=O)c1. The molecular weight excluding hydrogens is 516 g/mol. The molecule has 2 amide bonds. The topological polar surface area (TPSA) is 93.2 Å². The second kappa shape index (κ2) is 9.68. The van der Waals surface area contributed by atoms with E-state index >= 15 is 0 Å². The maximum Gasteiger partial charge on any atom is 0.339 e. The zero-order valence-corrected chi connectivity index (χ0v) is 21.7. The smallest absolute Gasteiger partial charge is 0.339 e. The average Bonchev–Trinajstić information content (AvgIpc) is 3.45. The number of aryl methyl sites for hydroxylation is 1. The van der Waals surface area contributed by atoms with Gasteiger partial charge in [-0.15, -0.1) is 0 Å². The normalized spacial score (nSPS) is 20.8. The van der Waals surface area contributed by atoms with Crippen molar-refractivity contribution < 1.29 is 27.0 Å². The fourth-order valence-corrected chi connectivity index (χ4v) is 6.08. The summed E-state index contributed by atoms with van der Waals surface area (Å²) in [6, 6.07) is 29.8. The van der Waals surface area contributed by atoms with Gasteiger partial charge in [-0.1, -0.05) is 66.7 Å². The summed E-state index contributed by atoms with van der Waals surface area (Å²) < 4.78 is 31.9. The minimum Gasteiger partial charge on any atom is -0.379 e. The lowest BCUT2D eigenvalue weighted by Crippen LogP contribution is -2.37. The molecule has 0 saturated carbocycles. The molecule has 2 aliphatic heterocycles. The fourth-order valence-electron chi connectivity index (χ4n) is 5.10. The molecule has 0 radical (unpaired) electrons. The number of benzene rings is 4. The van der Waals surface area contributed by atoms with Crippen LogP contribution in [0.3, 0.4) is 0 Å². The van der Waals surface area contributed by atoms with E-state index < -0.39 is 40.0 Å². The Kier molecular flexibility index (Phi) is 6.17. The lowest BCUT2D eigenvalue weighted by Gasteiger charge is -2.29. The highest BCUT2D eigenvalue weighted by atomic mass is 32.2. The van der Waals surface area contributed by atoms with Crippen molar-refractivity contribution in [1.82, 2.24) is 0 Å². The highest BCUT2D eigenvalue weighted by Crippen LogP contribution is 2.49. The van der Waals surface area contributed by atoms with Crippen molar-refractivity contribution in [3.8, 4) is 5.75 Å². The Hall–Kier alpha value is -4.47. The summed E-state index contributed by atoms with van der Waals surface area (Å²) in [6.07, 6.45) is -1.10. The highest BCUT2D eigenvalue weighted by Gasteiger charge is 2.60. The third kappa shape index (κ3) is 4.35. The van der Waals surface area contributed by atoms with E-state index in [0.717, 1.165) is 10.5 Å². The van der Waals surface area contributed by atoms with Crippen molar-refractivity contribution >= 4 is 33.3 Å². The first-order valence-corrected chi connectivity index (χ1v) is 13.8. The van der Waals surface area contributed by atoms with Crippen molar-refractivity contribution in [1.29, 1.82) is 0 Å². The van der Waals surface area contributed by atoms with Crippen LogP contribution in [0.15, 0.2) is 114 Å². The molecule has 0 unspecified atom stereocenters. The van der Waals surface area contributed by atoms with Crippen LogP contribution in [0.4, 0.5) is 11.4 Å². The molecule has 0 aromatic heterocycles. The van der Waals surface area contributed by atoms with Gasteiger partial charge in [0.25, 0.3) is 5.91 Å². The molecule has 4 aromatic carbocycles. The van der Waals surface area contributed by atoms with Crippen LogP contribution in [0.2, 0.25) is 0 Å². The first-order valence-electron chi connectivity index (χ1n) is 12.4. The summed E-state index contributed by atoms with van der Waals surface area (Å²) >= 11 is 0. The minimum absolute atomic E-state index is 0.00184. The van der Waals surface area contributed by atoms with Crippen molar-refractivity contribution in [3.05, 3.63) is 120 Å². The van der Waals surface area contributed by atoms with E-state index in [-0.39, 0.29) is 10.6 Å². The number of amides is 2. The number of carbonyl (C=O) groups is 2. The van der Waals surface area contributed by atoms with Crippen LogP contribution in [0.5, 0.6) is 5.75 Å². The maximum atomic E-state index is 13.9. The van der Waals surface area contributed by atoms with Gasteiger partial charge < -0.3 is 4.18 Å². The molecule has 3 atom stereocenters. The zero-order chi connectivity index (χ0) is 27.1. The first kappa shape index (κ1) is 24.8. The minimum atomic E-state index is -4.17. The molecule has 6 rings (SSSR count). The van der Waals surface area contributed by atoms with Crippen LogP contribution in [-0.4, -0.2) is 26.3 Å². The Morgan fingerprint density at radius 3 is 2.10 bits per heavy atom. The summed E-state index contributed by atoms with van der Waals surface area (Å²) in [4.78, 5) is 34.9. The second-order valence-corrected chi connectivity index (χ2v) is 10.9. The molecule has 8 nitrogen and oxygen atoms in total. The molecular formula is C30H24N2O6S. The summed E-state index contributed by atoms with van der Waals surface area (Å²) in [7, 11) is -4.17. The number of fused-ring (bicyclic) bond motifs is 1. The number of hydrogen-bond acceptors (Lipinski definition) is 7. The van der Waals surface area contributed by atoms with E-state index in [1.165, 1.54) is 23.3 Å². The van der Waals surface area contributed by atoms with E-state index in [0.29, 0.717) is 16.9 Å².